The summed E-state index contributed by atoms with van der Waals surface area (Å²) in [7, 11) is 0. The maximum atomic E-state index is 6.74. The lowest BCUT2D eigenvalue weighted by Crippen LogP contribution is -2.27. The highest BCUT2D eigenvalue weighted by atomic mass is 16.5. The zero-order chi connectivity index (χ0) is 23.6. The third kappa shape index (κ3) is 7.41. The van der Waals surface area contributed by atoms with Gasteiger partial charge in [-0.25, -0.2) is 0 Å². The maximum Gasteiger partial charge on any atom is 0.126 e. The first-order valence-corrected chi connectivity index (χ1v) is 12.0. The van der Waals surface area contributed by atoms with Crippen molar-refractivity contribution in [2.45, 2.75) is 107 Å². The highest BCUT2D eigenvalue weighted by Crippen LogP contribution is 2.42. The van der Waals surface area contributed by atoms with E-state index in [1.165, 1.54) is 27.8 Å². The van der Waals surface area contributed by atoms with Crippen LogP contribution >= 0.6 is 0 Å². The van der Waals surface area contributed by atoms with Gasteiger partial charge in [0.25, 0.3) is 0 Å². The van der Waals surface area contributed by atoms with Crippen LogP contribution in [-0.2, 0) is 19.3 Å². The highest BCUT2D eigenvalue weighted by molar-refractivity contribution is 5.54. The number of ether oxygens (including phenoxy) is 1. The molecule has 2 aromatic rings. The second kappa shape index (κ2) is 9.39. The normalized spacial score (nSPS) is 13.9. The summed E-state index contributed by atoms with van der Waals surface area (Å²) in [6.07, 6.45) is 3.05. The van der Waals surface area contributed by atoms with Gasteiger partial charge in [-0.05, 0) is 78.7 Å². The predicted molar refractivity (Wildman–Crippen MR) is 136 cm³/mol. The van der Waals surface area contributed by atoms with Crippen molar-refractivity contribution in [1.82, 2.24) is 0 Å². The first kappa shape index (κ1) is 25.5. The van der Waals surface area contributed by atoms with Crippen LogP contribution < -0.4 is 4.74 Å². The lowest BCUT2D eigenvalue weighted by molar-refractivity contribution is 0.125. The van der Waals surface area contributed by atoms with Gasteiger partial charge in [0.2, 0.25) is 0 Å². The fourth-order valence-corrected chi connectivity index (χ4v) is 4.42. The molecule has 1 nitrogen and oxygen atoms in total. The summed E-state index contributed by atoms with van der Waals surface area (Å²) < 4.78 is 6.74. The lowest BCUT2D eigenvalue weighted by Gasteiger charge is -2.33. The van der Waals surface area contributed by atoms with Gasteiger partial charge in [-0.2, -0.15) is 0 Å². The minimum Gasteiger partial charge on any atom is -0.488 e. The molecule has 0 amide bonds. The Bertz CT molecular complexity index is 855. The fraction of sp³-hybridized carbons (Fsp3) is 0.600. The van der Waals surface area contributed by atoms with Crippen molar-refractivity contribution in [2.75, 3.05) is 0 Å². The van der Waals surface area contributed by atoms with Gasteiger partial charge in [-0.1, -0.05) is 91.8 Å². The van der Waals surface area contributed by atoms with Gasteiger partial charge < -0.3 is 4.74 Å². The van der Waals surface area contributed by atoms with E-state index in [9.17, 15) is 0 Å². The summed E-state index contributed by atoms with van der Waals surface area (Å²) in [4.78, 5) is 0. The zero-order valence-electron chi connectivity index (χ0n) is 22.1. The number of hydrogen-bond acceptors (Lipinski definition) is 1. The monoisotopic (exact) mass is 422 g/mol. The number of benzene rings is 2. The molecule has 1 atom stereocenters. The Morgan fingerprint density at radius 2 is 1.32 bits per heavy atom. The quantitative estimate of drug-likeness (QED) is 0.452. The van der Waals surface area contributed by atoms with E-state index in [2.05, 4.69) is 113 Å². The van der Waals surface area contributed by atoms with Crippen LogP contribution in [0.25, 0.3) is 0 Å². The molecule has 0 saturated heterocycles. The molecule has 1 heteroatoms. The predicted octanol–water partition coefficient (Wildman–Crippen LogP) is 8.76. The topological polar surface area (TPSA) is 9.23 Å². The molecule has 0 aromatic heterocycles. The molecule has 0 spiro atoms. The van der Waals surface area contributed by atoms with Gasteiger partial charge in [0, 0.05) is 5.92 Å². The smallest absolute Gasteiger partial charge is 0.126 e. The molecule has 0 bridgehead atoms. The van der Waals surface area contributed by atoms with Crippen LogP contribution in [0.4, 0.5) is 0 Å². The van der Waals surface area contributed by atoms with Crippen LogP contribution in [0.15, 0.2) is 36.4 Å². The van der Waals surface area contributed by atoms with Gasteiger partial charge in [0.15, 0.2) is 0 Å². The van der Waals surface area contributed by atoms with E-state index >= 15 is 0 Å². The second-order valence-electron chi connectivity index (χ2n) is 12.6. The average molecular weight is 423 g/mol. The van der Waals surface area contributed by atoms with Crippen molar-refractivity contribution in [3.63, 3.8) is 0 Å². The van der Waals surface area contributed by atoms with Crippen LogP contribution in [0.2, 0.25) is 0 Å². The molecule has 0 N–H and O–H groups in total. The molecular formula is C30H46O. The Balaban J connectivity index is 2.84. The first-order valence-electron chi connectivity index (χ1n) is 12.0. The third-order valence-corrected chi connectivity index (χ3v) is 5.56. The number of hydrogen-bond donors (Lipinski definition) is 0. The highest BCUT2D eigenvalue weighted by Gasteiger charge is 2.29. The summed E-state index contributed by atoms with van der Waals surface area (Å²) in [5.41, 5.74) is 7.25. The van der Waals surface area contributed by atoms with Gasteiger partial charge in [-0.3, -0.25) is 0 Å². The van der Waals surface area contributed by atoms with Crippen LogP contribution in [0.5, 0.6) is 5.75 Å². The van der Waals surface area contributed by atoms with E-state index in [0.29, 0.717) is 5.92 Å². The number of rotatable bonds is 6. The van der Waals surface area contributed by atoms with Crippen molar-refractivity contribution in [3.8, 4) is 5.75 Å². The van der Waals surface area contributed by atoms with Crippen molar-refractivity contribution < 1.29 is 4.74 Å². The molecule has 172 valence electrons. The fourth-order valence-electron chi connectivity index (χ4n) is 4.42. The van der Waals surface area contributed by atoms with Crippen molar-refractivity contribution in [1.29, 1.82) is 0 Å². The van der Waals surface area contributed by atoms with E-state index in [1.807, 2.05) is 0 Å². The molecule has 0 aliphatic carbocycles. The van der Waals surface area contributed by atoms with E-state index in [1.54, 1.807) is 0 Å². The molecule has 0 fully saturated rings. The molecule has 2 aromatic carbocycles. The Labute approximate surface area is 192 Å². The van der Waals surface area contributed by atoms with Gasteiger partial charge in [0.1, 0.15) is 11.4 Å². The third-order valence-electron chi connectivity index (χ3n) is 5.56. The van der Waals surface area contributed by atoms with Crippen LogP contribution in [-0.4, -0.2) is 5.60 Å². The van der Waals surface area contributed by atoms with Crippen molar-refractivity contribution >= 4 is 0 Å². The van der Waals surface area contributed by atoms with Gasteiger partial charge >= 0.3 is 0 Å². The molecule has 2 rings (SSSR count). The van der Waals surface area contributed by atoms with Crippen LogP contribution in [0.1, 0.15) is 110 Å². The molecule has 31 heavy (non-hydrogen) atoms. The Morgan fingerprint density at radius 3 is 1.77 bits per heavy atom. The summed E-state index contributed by atoms with van der Waals surface area (Å²) in [6.45, 7) is 25.1. The Kier molecular flexibility index (Phi) is 7.72. The largest absolute Gasteiger partial charge is 0.488 e. The SMILES string of the molecule is CCc1c(C(C)c2ccccc2)cc(CC(C)(C)C)c(OC(C)(C)C)c1CC(C)(C)C. The summed E-state index contributed by atoms with van der Waals surface area (Å²) >= 11 is 0. The minimum atomic E-state index is -0.225. The Morgan fingerprint density at radius 1 is 0.774 bits per heavy atom. The van der Waals surface area contributed by atoms with Crippen LogP contribution in [0.3, 0.4) is 0 Å². The molecule has 0 saturated carbocycles. The van der Waals surface area contributed by atoms with Crippen molar-refractivity contribution in [2.24, 2.45) is 10.8 Å². The Hall–Kier alpha value is -1.76. The van der Waals surface area contributed by atoms with E-state index in [-0.39, 0.29) is 16.4 Å². The summed E-state index contributed by atoms with van der Waals surface area (Å²) in [5, 5.41) is 0. The lowest BCUT2D eigenvalue weighted by atomic mass is 9.77. The molecule has 0 aliphatic heterocycles. The standard InChI is InChI=1S/C30H46O/c1-12-24-25(21(2)22-16-14-13-15-17-22)18-23(19-28(3,4)5)27(31-30(9,10)11)26(24)20-29(6,7)8/h13-18,21H,12,19-20H2,1-11H3. The van der Waals surface area contributed by atoms with Crippen LogP contribution in [0, 0.1) is 10.8 Å². The molecule has 1 unspecified atom stereocenters. The zero-order valence-corrected chi connectivity index (χ0v) is 22.1. The first-order chi connectivity index (χ1) is 14.1. The maximum absolute atomic E-state index is 6.74. The van der Waals surface area contributed by atoms with Crippen molar-refractivity contribution in [3.05, 3.63) is 64.2 Å². The van der Waals surface area contributed by atoms with Gasteiger partial charge in [0.05, 0.1) is 0 Å². The summed E-state index contributed by atoms with van der Waals surface area (Å²) in [6, 6.07) is 13.4. The molecular weight excluding hydrogens is 376 g/mol. The molecule has 0 aliphatic rings. The minimum absolute atomic E-state index is 0.188. The van der Waals surface area contributed by atoms with E-state index in [4.69, 9.17) is 4.74 Å². The van der Waals surface area contributed by atoms with E-state index < -0.39 is 0 Å². The molecule has 0 radical (unpaired) electrons. The van der Waals surface area contributed by atoms with Gasteiger partial charge in [-0.15, -0.1) is 0 Å². The molecule has 0 heterocycles. The average Bonchev–Trinajstić information content (AvgIpc) is 2.61. The second-order valence-corrected chi connectivity index (χ2v) is 12.6. The summed E-state index contributed by atoms with van der Waals surface area (Å²) in [5.74, 6) is 1.50. The van der Waals surface area contributed by atoms with E-state index in [0.717, 1.165) is 25.0 Å².